The minimum absolute atomic E-state index is 0.0635. The summed E-state index contributed by atoms with van der Waals surface area (Å²) in [6, 6.07) is 4.92. The molecule has 3 rings (SSSR count). The molecule has 0 aliphatic carbocycles. The van der Waals surface area contributed by atoms with E-state index in [1.165, 1.54) is 6.07 Å². The van der Waals surface area contributed by atoms with Gasteiger partial charge in [0.15, 0.2) is 17.4 Å². The van der Waals surface area contributed by atoms with Crippen LogP contribution >= 0.6 is 0 Å². The Morgan fingerprint density at radius 3 is 2.87 bits per heavy atom. The van der Waals surface area contributed by atoms with Crippen molar-refractivity contribution in [3.05, 3.63) is 47.8 Å². The Bertz CT molecular complexity index is 830. The number of anilines is 1. The average molecular weight is 315 g/mol. The van der Waals surface area contributed by atoms with E-state index in [4.69, 9.17) is 4.74 Å². The highest BCUT2D eigenvalue weighted by atomic mass is 19.1. The van der Waals surface area contributed by atoms with Crippen LogP contribution in [0.1, 0.15) is 25.2 Å². The van der Waals surface area contributed by atoms with Crippen molar-refractivity contribution in [1.29, 1.82) is 0 Å². The number of benzene rings is 1. The second-order valence-electron chi connectivity index (χ2n) is 5.50. The van der Waals surface area contributed by atoms with Crippen LogP contribution in [0.25, 0.3) is 5.65 Å². The molecule has 0 aliphatic rings. The summed E-state index contributed by atoms with van der Waals surface area (Å²) in [7, 11) is 0. The lowest BCUT2D eigenvalue weighted by molar-refractivity contribution is 0.231. The van der Waals surface area contributed by atoms with Gasteiger partial charge in [-0.25, -0.2) is 9.37 Å². The van der Waals surface area contributed by atoms with E-state index < -0.39 is 0 Å². The van der Waals surface area contributed by atoms with Crippen molar-refractivity contribution in [3.8, 4) is 5.75 Å². The predicted octanol–water partition coefficient (Wildman–Crippen LogP) is 2.97. The van der Waals surface area contributed by atoms with Gasteiger partial charge < -0.3 is 10.1 Å². The molecule has 0 aliphatic heterocycles. The Balaban J connectivity index is 1.76. The predicted molar refractivity (Wildman–Crippen MR) is 85.0 cm³/mol. The normalized spacial score (nSPS) is 11.2. The quantitative estimate of drug-likeness (QED) is 0.784. The molecule has 0 atom stereocenters. The van der Waals surface area contributed by atoms with Crippen LogP contribution in [0, 0.1) is 12.7 Å². The molecule has 6 nitrogen and oxygen atoms in total. The fraction of sp³-hybridized carbons (Fsp3) is 0.312. The molecule has 0 unspecified atom stereocenters. The lowest BCUT2D eigenvalue weighted by atomic mass is 10.2. The molecule has 0 radical (unpaired) electrons. The molecule has 2 heterocycles. The summed E-state index contributed by atoms with van der Waals surface area (Å²) < 4.78 is 21.2. The molecular formula is C16H18FN5O. The van der Waals surface area contributed by atoms with Crippen molar-refractivity contribution < 1.29 is 9.13 Å². The highest BCUT2D eigenvalue weighted by Crippen LogP contribution is 2.20. The summed E-state index contributed by atoms with van der Waals surface area (Å²) in [4.78, 5) is 4.26. The minimum atomic E-state index is -0.373. The maximum atomic E-state index is 14.0. The lowest BCUT2D eigenvalue weighted by Gasteiger charge is -2.12. The Labute approximate surface area is 133 Å². The molecule has 23 heavy (non-hydrogen) atoms. The van der Waals surface area contributed by atoms with E-state index in [1.54, 1.807) is 18.5 Å². The molecule has 0 bridgehead atoms. The van der Waals surface area contributed by atoms with E-state index in [-0.39, 0.29) is 17.7 Å². The van der Waals surface area contributed by atoms with Gasteiger partial charge in [-0.05, 0) is 38.5 Å². The van der Waals surface area contributed by atoms with Crippen molar-refractivity contribution in [2.45, 2.75) is 33.4 Å². The molecular weight excluding hydrogens is 297 g/mol. The summed E-state index contributed by atoms with van der Waals surface area (Å²) >= 11 is 0. The van der Waals surface area contributed by atoms with E-state index in [9.17, 15) is 4.39 Å². The van der Waals surface area contributed by atoms with Crippen LogP contribution in [0.4, 0.5) is 10.2 Å². The molecule has 1 aromatic carbocycles. The first-order valence-corrected chi connectivity index (χ1v) is 7.40. The van der Waals surface area contributed by atoms with Gasteiger partial charge in [0.25, 0.3) is 0 Å². The molecule has 0 saturated carbocycles. The second kappa shape index (κ2) is 6.20. The molecule has 0 saturated heterocycles. The van der Waals surface area contributed by atoms with Crippen LogP contribution in [0.2, 0.25) is 0 Å². The first kappa shape index (κ1) is 15.2. The SMILES string of the molecule is Cc1nnc2c(NCc3ccc(OC(C)C)c(F)c3)nccn12. The summed E-state index contributed by atoms with van der Waals surface area (Å²) in [5.74, 6) is 1.28. The van der Waals surface area contributed by atoms with Gasteiger partial charge in [-0.3, -0.25) is 4.40 Å². The van der Waals surface area contributed by atoms with Gasteiger partial charge in [0.2, 0.25) is 5.65 Å². The molecule has 0 spiro atoms. The fourth-order valence-corrected chi connectivity index (χ4v) is 2.26. The van der Waals surface area contributed by atoms with Crippen molar-refractivity contribution in [2.24, 2.45) is 0 Å². The average Bonchev–Trinajstić information content (AvgIpc) is 2.89. The van der Waals surface area contributed by atoms with Gasteiger partial charge in [0.05, 0.1) is 6.10 Å². The Kier molecular flexibility index (Phi) is 4.10. The molecule has 0 fully saturated rings. The zero-order valence-corrected chi connectivity index (χ0v) is 13.2. The Morgan fingerprint density at radius 1 is 1.30 bits per heavy atom. The van der Waals surface area contributed by atoms with E-state index in [1.807, 2.05) is 31.2 Å². The third kappa shape index (κ3) is 3.23. The number of hydrogen-bond donors (Lipinski definition) is 1. The number of ether oxygens (including phenoxy) is 1. The molecule has 1 N–H and O–H groups in total. The van der Waals surface area contributed by atoms with E-state index in [0.29, 0.717) is 18.0 Å². The van der Waals surface area contributed by atoms with Gasteiger partial charge in [0.1, 0.15) is 5.82 Å². The zero-order chi connectivity index (χ0) is 16.4. The zero-order valence-electron chi connectivity index (χ0n) is 13.2. The summed E-state index contributed by atoms with van der Waals surface area (Å²) in [5.41, 5.74) is 1.43. The number of rotatable bonds is 5. The van der Waals surface area contributed by atoms with Crippen LogP contribution in [0.3, 0.4) is 0 Å². The van der Waals surface area contributed by atoms with Crippen LogP contribution in [-0.4, -0.2) is 25.7 Å². The maximum absolute atomic E-state index is 14.0. The van der Waals surface area contributed by atoms with Crippen molar-refractivity contribution in [2.75, 3.05) is 5.32 Å². The van der Waals surface area contributed by atoms with Gasteiger partial charge >= 0.3 is 0 Å². The number of fused-ring (bicyclic) bond motifs is 1. The first-order valence-electron chi connectivity index (χ1n) is 7.40. The smallest absolute Gasteiger partial charge is 0.203 e. The number of nitrogens with zero attached hydrogens (tertiary/aromatic N) is 4. The monoisotopic (exact) mass is 315 g/mol. The van der Waals surface area contributed by atoms with Gasteiger partial charge in [-0.1, -0.05) is 6.07 Å². The molecule has 2 aromatic heterocycles. The molecule has 3 aromatic rings. The number of halogens is 1. The van der Waals surface area contributed by atoms with Crippen molar-refractivity contribution in [3.63, 3.8) is 0 Å². The maximum Gasteiger partial charge on any atom is 0.203 e. The van der Waals surface area contributed by atoms with Crippen LogP contribution in [-0.2, 0) is 6.54 Å². The third-order valence-corrected chi connectivity index (χ3v) is 3.32. The fourth-order valence-electron chi connectivity index (χ4n) is 2.26. The summed E-state index contributed by atoms with van der Waals surface area (Å²) in [5, 5.41) is 11.3. The number of aromatic nitrogens is 4. The number of nitrogens with one attached hydrogen (secondary N) is 1. The van der Waals surface area contributed by atoms with E-state index in [0.717, 1.165) is 11.4 Å². The van der Waals surface area contributed by atoms with Crippen LogP contribution in [0.15, 0.2) is 30.6 Å². The minimum Gasteiger partial charge on any atom is -0.488 e. The highest BCUT2D eigenvalue weighted by molar-refractivity contribution is 5.62. The highest BCUT2D eigenvalue weighted by Gasteiger charge is 2.09. The van der Waals surface area contributed by atoms with Crippen molar-refractivity contribution >= 4 is 11.5 Å². The van der Waals surface area contributed by atoms with Gasteiger partial charge in [0, 0.05) is 18.9 Å². The Morgan fingerprint density at radius 2 is 2.13 bits per heavy atom. The lowest BCUT2D eigenvalue weighted by Crippen LogP contribution is -2.08. The number of hydrogen-bond acceptors (Lipinski definition) is 5. The molecule has 7 heteroatoms. The van der Waals surface area contributed by atoms with Crippen LogP contribution < -0.4 is 10.1 Å². The topological polar surface area (TPSA) is 64.3 Å². The van der Waals surface area contributed by atoms with E-state index >= 15 is 0 Å². The summed E-state index contributed by atoms with van der Waals surface area (Å²) in [6.07, 6.45) is 3.41. The third-order valence-electron chi connectivity index (χ3n) is 3.32. The largest absolute Gasteiger partial charge is 0.488 e. The van der Waals surface area contributed by atoms with Crippen LogP contribution in [0.5, 0.6) is 5.75 Å². The molecule has 120 valence electrons. The van der Waals surface area contributed by atoms with Gasteiger partial charge in [-0.15, -0.1) is 10.2 Å². The molecule has 0 amide bonds. The van der Waals surface area contributed by atoms with Gasteiger partial charge in [-0.2, -0.15) is 0 Å². The van der Waals surface area contributed by atoms with E-state index in [2.05, 4.69) is 20.5 Å². The summed E-state index contributed by atoms with van der Waals surface area (Å²) in [6.45, 7) is 6.02. The second-order valence-corrected chi connectivity index (χ2v) is 5.50. The standard InChI is InChI=1S/C16H18FN5O/c1-10(2)23-14-5-4-12(8-13(14)17)9-19-15-16-21-20-11(3)22(16)7-6-18-15/h4-8,10H,9H2,1-3H3,(H,18,19). The number of aryl methyl sites for hydroxylation is 1. The Hall–Kier alpha value is -2.70. The van der Waals surface area contributed by atoms with Crippen molar-refractivity contribution in [1.82, 2.24) is 19.6 Å². The first-order chi connectivity index (χ1) is 11.0.